The Labute approximate surface area is 152 Å². The van der Waals surface area contributed by atoms with Gasteiger partial charge in [-0.1, -0.05) is 40.9 Å². The molecule has 0 heterocycles. The lowest BCUT2D eigenvalue weighted by Crippen LogP contribution is -2.21. The van der Waals surface area contributed by atoms with Gasteiger partial charge in [0.05, 0.1) is 26.9 Å². The molecule has 0 saturated carbocycles. The summed E-state index contributed by atoms with van der Waals surface area (Å²) in [4.78, 5) is 23.8. The smallest absolute Gasteiger partial charge is 0.340 e. The normalized spacial score (nSPS) is 9.92. The molecule has 0 fully saturated rings. The molecular formula is C16H9Cl3N2O3. The van der Waals surface area contributed by atoms with E-state index in [-0.39, 0.29) is 26.9 Å². The van der Waals surface area contributed by atoms with E-state index in [9.17, 15) is 9.59 Å². The maximum Gasteiger partial charge on any atom is 0.340 e. The van der Waals surface area contributed by atoms with E-state index in [1.807, 2.05) is 6.07 Å². The fraction of sp³-hybridized carbons (Fsp3) is 0.0625. The Kier molecular flexibility index (Phi) is 6.04. The van der Waals surface area contributed by atoms with Crippen LogP contribution in [0.2, 0.25) is 15.1 Å². The summed E-state index contributed by atoms with van der Waals surface area (Å²) in [5.74, 6) is -1.41. The number of hydrogen-bond donors (Lipinski definition) is 1. The van der Waals surface area contributed by atoms with Crippen LogP contribution in [0.1, 0.15) is 15.9 Å². The Bertz CT molecular complexity index is 847. The molecule has 2 rings (SSSR count). The average Bonchev–Trinajstić information content (AvgIpc) is 2.55. The number of benzene rings is 2. The molecule has 0 aromatic heterocycles. The van der Waals surface area contributed by atoms with Gasteiger partial charge in [-0.3, -0.25) is 4.79 Å². The Morgan fingerprint density at radius 1 is 1.17 bits per heavy atom. The number of nitriles is 1. The van der Waals surface area contributed by atoms with Crippen molar-refractivity contribution in [2.24, 2.45) is 0 Å². The highest BCUT2D eigenvalue weighted by molar-refractivity contribution is 6.43. The van der Waals surface area contributed by atoms with Crippen molar-refractivity contribution in [3.05, 3.63) is 62.6 Å². The molecule has 0 unspecified atom stereocenters. The Morgan fingerprint density at radius 3 is 2.62 bits per heavy atom. The number of amides is 1. The minimum absolute atomic E-state index is 0.0474. The van der Waals surface area contributed by atoms with Gasteiger partial charge in [-0.05, 0) is 30.3 Å². The number of hydrogen-bond acceptors (Lipinski definition) is 4. The lowest BCUT2D eigenvalue weighted by atomic mass is 10.2. The Balaban J connectivity index is 2.01. The molecule has 0 aliphatic heterocycles. The van der Waals surface area contributed by atoms with Crippen molar-refractivity contribution in [3.8, 4) is 6.07 Å². The zero-order valence-electron chi connectivity index (χ0n) is 12.0. The number of rotatable bonds is 4. The number of carbonyl (C=O) groups is 2. The molecule has 0 bridgehead atoms. The quantitative estimate of drug-likeness (QED) is 0.798. The van der Waals surface area contributed by atoms with Crippen molar-refractivity contribution in [1.29, 1.82) is 5.26 Å². The van der Waals surface area contributed by atoms with Crippen molar-refractivity contribution in [3.63, 3.8) is 0 Å². The molecule has 8 heteroatoms. The van der Waals surface area contributed by atoms with Gasteiger partial charge < -0.3 is 10.1 Å². The van der Waals surface area contributed by atoms with Gasteiger partial charge in [-0.2, -0.15) is 5.26 Å². The zero-order valence-corrected chi connectivity index (χ0v) is 14.2. The molecule has 122 valence electrons. The van der Waals surface area contributed by atoms with Crippen LogP contribution in [0.25, 0.3) is 0 Å². The standard InChI is InChI=1S/C16H9Cl3N2O3/c17-10-5-4-9(7-20)13(6-10)21-14(22)8-24-16(23)11-2-1-3-12(18)15(11)19/h1-6H,8H2,(H,21,22). The molecule has 1 N–H and O–H groups in total. The van der Waals surface area contributed by atoms with E-state index < -0.39 is 18.5 Å². The van der Waals surface area contributed by atoms with Gasteiger partial charge in [0.2, 0.25) is 0 Å². The van der Waals surface area contributed by atoms with Crippen molar-refractivity contribution >= 4 is 52.4 Å². The summed E-state index contributed by atoms with van der Waals surface area (Å²) in [5, 5.41) is 12.0. The van der Waals surface area contributed by atoms with E-state index in [4.69, 9.17) is 44.8 Å². The maximum absolute atomic E-state index is 11.9. The number of esters is 1. The SMILES string of the molecule is N#Cc1ccc(Cl)cc1NC(=O)COC(=O)c1cccc(Cl)c1Cl. The molecule has 0 aliphatic rings. The van der Waals surface area contributed by atoms with E-state index >= 15 is 0 Å². The fourth-order valence-corrected chi connectivity index (χ4v) is 2.32. The number of nitrogens with one attached hydrogen (secondary N) is 1. The second kappa shape index (κ2) is 8.02. The number of anilines is 1. The highest BCUT2D eigenvalue weighted by Crippen LogP contribution is 2.26. The third-order valence-corrected chi connectivity index (χ3v) is 3.94. The minimum atomic E-state index is -0.788. The Hall–Kier alpha value is -2.26. The molecule has 2 aromatic carbocycles. The first-order valence-corrected chi connectivity index (χ1v) is 7.66. The number of carbonyl (C=O) groups excluding carboxylic acids is 2. The van der Waals surface area contributed by atoms with Gasteiger partial charge in [0.1, 0.15) is 6.07 Å². The van der Waals surface area contributed by atoms with Crippen LogP contribution in [-0.2, 0) is 9.53 Å². The van der Waals surface area contributed by atoms with Crippen LogP contribution in [-0.4, -0.2) is 18.5 Å². The molecule has 0 spiro atoms. The first-order chi connectivity index (χ1) is 11.4. The van der Waals surface area contributed by atoms with E-state index in [1.54, 1.807) is 0 Å². The van der Waals surface area contributed by atoms with Gasteiger partial charge >= 0.3 is 5.97 Å². The largest absolute Gasteiger partial charge is 0.452 e. The zero-order chi connectivity index (χ0) is 17.7. The molecular weight excluding hydrogens is 375 g/mol. The molecule has 1 amide bonds. The molecule has 5 nitrogen and oxygen atoms in total. The third-order valence-electron chi connectivity index (χ3n) is 2.88. The minimum Gasteiger partial charge on any atom is -0.452 e. The first-order valence-electron chi connectivity index (χ1n) is 6.53. The summed E-state index contributed by atoms with van der Waals surface area (Å²) >= 11 is 17.5. The second-order valence-corrected chi connectivity index (χ2v) is 5.75. The number of ether oxygens (including phenoxy) is 1. The lowest BCUT2D eigenvalue weighted by Gasteiger charge is -2.09. The van der Waals surface area contributed by atoms with Gasteiger partial charge in [0, 0.05) is 5.02 Å². The van der Waals surface area contributed by atoms with Crippen LogP contribution in [0.4, 0.5) is 5.69 Å². The summed E-state index contributed by atoms with van der Waals surface area (Å²) in [6.07, 6.45) is 0. The van der Waals surface area contributed by atoms with Crippen LogP contribution in [0.5, 0.6) is 0 Å². The van der Waals surface area contributed by atoms with Gasteiger partial charge in [0.25, 0.3) is 5.91 Å². The number of halogens is 3. The molecule has 0 atom stereocenters. The van der Waals surface area contributed by atoms with E-state index in [0.29, 0.717) is 5.02 Å². The predicted octanol–water partition coefficient (Wildman–Crippen LogP) is 4.31. The fourth-order valence-electron chi connectivity index (χ4n) is 1.77. The molecule has 2 aromatic rings. The summed E-state index contributed by atoms with van der Waals surface area (Å²) in [6.45, 7) is -0.556. The molecule has 0 saturated heterocycles. The third kappa shape index (κ3) is 4.39. The summed E-state index contributed by atoms with van der Waals surface area (Å²) in [6, 6.07) is 10.8. The van der Waals surface area contributed by atoms with Crippen molar-refractivity contribution < 1.29 is 14.3 Å². The van der Waals surface area contributed by atoms with E-state index in [2.05, 4.69) is 5.32 Å². The van der Waals surface area contributed by atoms with Gasteiger partial charge in [-0.25, -0.2) is 4.79 Å². The maximum atomic E-state index is 11.9. The molecule has 0 radical (unpaired) electrons. The van der Waals surface area contributed by atoms with Crippen molar-refractivity contribution in [2.75, 3.05) is 11.9 Å². The molecule has 24 heavy (non-hydrogen) atoms. The van der Waals surface area contributed by atoms with E-state index in [1.165, 1.54) is 36.4 Å². The van der Waals surface area contributed by atoms with Gasteiger partial charge in [-0.15, -0.1) is 0 Å². The van der Waals surface area contributed by atoms with Crippen LogP contribution in [0.3, 0.4) is 0 Å². The predicted molar refractivity (Wildman–Crippen MR) is 91.5 cm³/mol. The second-order valence-electron chi connectivity index (χ2n) is 4.53. The summed E-state index contributed by atoms with van der Waals surface area (Å²) in [7, 11) is 0. The van der Waals surface area contributed by atoms with Crippen molar-refractivity contribution in [1.82, 2.24) is 0 Å². The van der Waals surface area contributed by atoms with E-state index in [0.717, 1.165) is 0 Å². The summed E-state index contributed by atoms with van der Waals surface area (Å²) in [5.41, 5.74) is 0.515. The highest BCUT2D eigenvalue weighted by atomic mass is 35.5. The molecule has 0 aliphatic carbocycles. The van der Waals surface area contributed by atoms with Crippen LogP contribution in [0.15, 0.2) is 36.4 Å². The van der Waals surface area contributed by atoms with Crippen molar-refractivity contribution in [2.45, 2.75) is 0 Å². The summed E-state index contributed by atoms with van der Waals surface area (Å²) < 4.78 is 4.89. The van der Waals surface area contributed by atoms with Crippen LogP contribution >= 0.6 is 34.8 Å². The number of nitrogens with zero attached hydrogens (tertiary/aromatic N) is 1. The topological polar surface area (TPSA) is 79.2 Å². The lowest BCUT2D eigenvalue weighted by molar-refractivity contribution is -0.119. The average molecular weight is 384 g/mol. The Morgan fingerprint density at radius 2 is 1.92 bits per heavy atom. The monoisotopic (exact) mass is 382 g/mol. The van der Waals surface area contributed by atoms with Gasteiger partial charge in [0.15, 0.2) is 6.61 Å². The van der Waals surface area contributed by atoms with Crippen LogP contribution in [0, 0.1) is 11.3 Å². The first kappa shape index (κ1) is 18.1. The highest BCUT2D eigenvalue weighted by Gasteiger charge is 2.16. The van der Waals surface area contributed by atoms with Crippen LogP contribution < -0.4 is 5.32 Å².